The van der Waals surface area contributed by atoms with Crippen molar-refractivity contribution in [1.29, 1.82) is 0 Å². The average Bonchev–Trinajstić information content (AvgIpc) is 2.53. The molecule has 0 radical (unpaired) electrons. The normalized spacial score (nSPS) is 12.0. The monoisotopic (exact) mass is 424 g/mol. The van der Waals surface area contributed by atoms with E-state index in [0.29, 0.717) is 13.0 Å². The third-order valence-electron chi connectivity index (χ3n) is 3.52. The highest BCUT2D eigenvalue weighted by Gasteiger charge is 2.18. The molecular formula is C18H18Br2O2. The van der Waals surface area contributed by atoms with Crippen LogP contribution in [0.15, 0.2) is 57.5 Å². The Labute approximate surface area is 148 Å². The minimum Gasteiger partial charge on any atom is -0.461 e. The van der Waals surface area contributed by atoms with Crippen molar-refractivity contribution in [2.75, 3.05) is 0 Å². The molecule has 116 valence electrons. The molecule has 0 heterocycles. The highest BCUT2D eigenvalue weighted by Crippen LogP contribution is 2.18. The van der Waals surface area contributed by atoms with Crippen molar-refractivity contribution < 1.29 is 9.53 Å². The first kappa shape index (κ1) is 17.2. The van der Waals surface area contributed by atoms with E-state index in [1.54, 1.807) is 0 Å². The smallest absolute Gasteiger partial charge is 0.309 e. The fraction of sp³-hybridized carbons (Fsp3) is 0.278. The van der Waals surface area contributed by atoms with E-state index in [0.717, 1.165) is 26.5 Å². The molecule has 0 fully saturated rings. The Bertz CT molecular complexity index is 606. The SMILES string of the molecule is CCC(Cc1ccc(Br)cc1)C(=O)OCc1ccc(Br)cc1. The Kier molecular flexibility index (Phi) is 6.65. The summed E-state index contributed by atoms with van der Waals surface area (Å²) in [6.07, 6.45) is 1.48. The van der Waals surface area contributed by atoms with Crippen molar-refractivity contribution >= 4 is 37.8 Å². The van der Waals surface area contributed by atoms with E-state index in [1.165, 1.54) is 0 Å². The molecule has 2 rings (SSSR count). The summed E-state index contributed by atoms with van der Waals surface area (Å²) in [5.41, 5.74) is 2.14. The molecule has 0 spiro atoms. The number of esters is 1. The summed E-state index contributed by atoms with van der Waals surface area (Å²) in [6, 6.07) is 15.9. The van der Waals surface area contributed by atoms with Crippen LogP contribution < -0.4 is 0 Å². The van der Waals surface area contributed by atoms with Crippen molar-refractivity contribution in [1.82, 2.24) is 0 Å². The summed E-state index contributed by atoms with van der Waals surface area (Å²) < 4.78 is 7.51. The van der Waals surface area contributed by atoms with Gasteiger partial charge in [-0.25, -0.2) is 0 Å². The summed E-state index contributed by atoms with van der Waals surface area (Å²) in [6.45, 7) is 2.34. The van der Waals surface area contributed by atoms with Gasteiger partial charge in [-0.3, -0.25) is 4.79 Å². The van der Waals surface area contributed by atoms with E-state index in [9.17, 15) is 4.79 Å². The number of ether oxygens (including phenoxy) is 1. The van der Waals surface area contributed by atoms with Gasteiger partial charge in [0.1, 0.15) is 6.61 Å². The number of carbonyl (C=O) groups excluding carboxylic acids is 1. The zero-order chi connectivity index (χ0) is 15.9. The van der Waals surface area contributed by atoms with Crippen molar-refractivity contribution in [3.63, 3.8) is 0 Å². The van der Waals surface area contributed by atoms with E-state index >= 15 is 0 Å². The quantitative estimate of drug-likeness (QED) is 0.569. The van der Waals surface area contributed by atoms with Gasteiger partial charge in [-0.2, -0.15) is 0 Å². The van der Waals surface area contributed by atoms with E-state index in [4.69, 9.17) is 4.74 Å². The minimum atomic E-state index is -0.131. The predicted molar refractivity (Wildman–Crippen MR) is 95.6 cm³/mol. The van der Waals surface area contributed by atoms with Gasteiger partial charge in [0, 0.05) is 8.95 Å². The van der Waals surface area contributed by atoms with E-state index in [2.05, 4.69) is 31.9 Å². The summed E-state index contributed by atoms with van der Waals surface area (Å²) in [5, 5.41) is 0. The van der Waals surface area contributed by atoms with Crippen LogP contribution in [0, 0.1) is 5.92 Å². The lowest BCUT2D eigenvalue weighted by atomic mass is 9.97. The number of hydrogen-bond donors (Lipinski definition) is 0. The van der Waals surface area contributed by atoms with Gasteiger partial charge in [-0.05, 0) is 48.2 Å². The summed E-state index contributed by atoms with van der Waals surface area (Å²) in [7, 11) is 0. The predicted octanol–water partition coefficient (Wildman–Crippen LogP) is 5.52. The molecule has 0 amide bonds. The van der Waals surface area contributed by atoms with E-state index in [-0.39, 0.29) is 11.9 Å². The number of halogens is 2. The molecule has 0 aliphatic heterocycles. The van der Waals surface area contributed by atoms with Gasteiger partial charge >= 0.3 is 5.97 Å². The van der Waals surface area contributed by atoms with Gasteiger partial charge < -0.3 is 4.74 Å². The number of carbonyl (C=O) groups is 1. The molecular weight excluding hydrogens is 408 g/mol. The second-order valence-electron chi connectivity index (χ2n) is 5.17. The van der Waals surface area contributed by atoms with Crippen LogP contribution in [0.4, 0.5) is 0 Å². The molecule has 2 aromatic carbocycles. The lowest BCUT2D eigenvalue weighted by molar-refractivity contribution is -0.150. The maximum Gasteiger partial charge on any atom is 0.309 e. The molecule has 1 atom stereocenters. The van der Waals surface area contributed by atoms with Crippen LogP contribution in [0.2, 0.25) is 0 Å². The summed E-state index contributed by atoms with van der Waals surface area (Å²) in [4.78, 5) is 12.2. The van der Waals surface area contributed by atoms with Crippen molar-refractivity contribution in [3.05, 3.63) is 68.6 Å². The van der Waals surface area contributed by atoms with Crippen LogP contribution in [-0.2, 0) is 22.6 Å². The molecule has 0 N–H and O–H groups in total. The maximum atomic E-state index is 12.2. The van der Waals surface area contributed by atoms with Gasteiger partial charge in [-0.1, -0.05) is 63.0 Å². The van der Waals surface area contributed by atoms with E-state index in [1.807, 2.05) is 55.5 Å². The third-order valence-corrected chi connectivity index (χ3v) is 4.57. The Hall–Kier alpha value is -1.13. The fourth-order valence-electron chi connectivity index (χ4n) is 2.15. The standard InChI is InChI=1S/C18H18Br2O2/c1-2-15(11-13-3-7-16(19)8-4-13)18(21)22-12-14-5-9-17(20)10-6-14/h3-10,15H,2,11-12H2,1H3. The molecule has 0 bridgehead atoms. The first-order valence-corrected chi connectivity index (χ1v) is 8.82. The molecule has 0 saturated heterocycles. The largest absolute Gasteiger partial charge is 0.461 e. The van der Waals surface area contributed by atoms with Crippen molar-refractivity contribution in [3.8, 4) is 0 Å². The van der Waals surface area contributed by atoms with Crippen LogP contribution in [0.25, 0.3) is 0 Å². The zero-order valence-electron chi connectivity index (χ0n) is 12.4. The molecule has 22 heavy (non-hydrogen) atoms. The maximum absolute atomic E-state index is 12.2. The summed E-state index contributed by atoms with van der Waals surface area (Å²) in [5.74, 6) is -0.232. The Balaban J connectivity index is 1.91. The lowest BCUT2D eigenvalue weighted by Gasteiger charge is -2.14. The molecule has 1 unspecified atom stereocenters. The molecule has 0 saturated carbocycles. The van der Waals surface area contributed by atoms with Crippen LogP contribution in [0.3, 0.4) is 0 Å². The van der Waals surface area contributed by atoms with Crippen LogP contribution in [0.5, 0.6) is 0 Å². The lowest BCUT2D eigenvalue weighted by Crippen LogP contribution is -2.19. The number of hydrogen-bond acceptors (Lipinski definition) is 2. The van der Waals surface area contributed by atoms with E-state index < -0.39 is 0 Å². The van der Waals surface area contributed by atoms with Gasteiger partial charge in [0.05, 0.1) is 5.92 Å². The Morgan fingerprint density at radius 1 is 0.955 bits per heavy atom. The van der Waals surface area contributed by atoms with Crippen molar-refractivity contribution in [2.45, 2.75) is 26.4 Å². The zero-order valence-corrected chi connectivity index (χ0v) is 15.6. The molecule has 2 aromatic rings. The van der Waals surface area contributed by atoms with Gasteiger partial charge in [0.25, 0.3) is 0 Å². The molecule has 0 aliphatic carbocycles. The fourth-order valence-corrected chi connectivity index (χ4v) is 2.68. The first-order valence-electron chi connectivity index (χ1n) is 7.24. The number of rotatable bonds is 6. The number of benzene rings is 2. The Morgan fingerprint density at radius 2 is 1.45 bits per heavy atom. The second-order valence-corrected chi connectivity index (χ2v) is 7.00. The highest BCUT2D eigenvalue weighted by atomic mass is 79.9. The molecule has 0 aliphatic rings. The summed E-state index contributed by atoms with van der Waals surface area (Å²) >= 11 is 6.81. The second kappa shape index (κ2) is 8.49. The van der Waals surface area contributed by atoms with Gasteiger partial charge in [-0.15, -0.1) is 0 Å². The third kappa shape index (κ3) is 5.25. The van der Waals surface area contributed by atoms with Crippen molar-refractivity contribution in [2.24, 2.45) is 5.92 Å². The van der Waals surface area contributed by atoms with Gasteiger partial charge in [0.15, 0.2) is 0 Å². The molecule has 2 nitrogen and oxygen atoms in total. The molecule has 0 aromatic heterocycles. The van der Waals surface area contributed by atoms with Gasteiger partial charge in [0.2, 0.25) is 0 Å². The van der Waals surface area contributed by atoms with Crippen LogP contribution in [0.1, 0.15) is 24.5 Å². The molecule has 4 heteroatoms. The van der Waals surface area contributed by atoms with Crippen LogP contribution >= 0.6 is 31.9 Å². The Morgan fingerprint density at radius 3 is 1.95 bits per heavy atom. The average molecular weight is 426 g/mol. The highest BCUT2D eigenvalue weighted by molar-refractivity contribution is 9.10. The minimum absolute atomic E-state index is 0.100. The first-order chi connectivity index (χ1) is 10.6. The topological polar surface area (TPSA) is 26.3 Å². The van der Waals surface area contributed by atoms with Crippen LogP contribution in [-0.4, -0.2) is 5.97 Å².